The number of thioether (sulfide) groups is 1. The first kappa shape index (κ1) is 22.6. The first-order valence-electron chi connectivity index (χ1n) is 12.9. The number of hydrogen-bond acceptors (Lipinski definition) is 5. The van der Waals surface area contributed by atoms with Crippen LogP contribution in [0.1, 0.15) is 12.8 Å². The number of pyridine rings is 1. The van der Waals surface area contributed by atoms with Gasteiger partial charge in [0, 0.05) is 22.9 Å². The number of nitrogens with one attached hydrogen (secondary N) is 3. The van der Waals surface area contributed by atoms with Gasteiger partial charge in [-0.2, -0.15) is 0 Å². The second-order valence-electron chi connectivity index (χ2n) is 10.2. The first-order valence-corrected chi connectivity index (χ1v) is 14.2. The quantitative estimate of drug-likeness (QED) is 0.256. The summed E-state index contributed by atoms with van der Waals surface area (Å²) < 4.78 is 0. The Labute approximate surface area is 219 Å². The molecule has 3 aromatic carbocycles. The highest BCUT2D eigenvalue weighted by Gasteiger charge is 2.35. The zero-order valence-corrected chi connectivity index (χ0v) is 21.6. The molecule has 8 rings (SSSR count). The van der Waals surface area contributed by atoms with Crippen molar-refractivity contribution in [2.75, 3.05) is 31.2 Å². The number of hydrogen-bond donors (Lipinski definition) is 3. The van der Waals surface area contributed by atoms with E-state index in [1.54, 1.807) is 11.8 Å². The van der Waals surface area contributed by atoms with E-state index in [1.165, 1.54) is 30.8 Å². The summed E-state index contributed by atoms with van der Waals surface area (Å²) in [4.78, 5) is 28.7. The maximum atomic E-state index is 13.6. The third-order valence-electron chi connectivity index (χ3n) is 8.05. The summed E-state index contributed by atoms with van der Waals surface area (Å²) in [6.07, 6.45) is 4.49. The van der Waals surface area contributed by atoms with E-state index in [0.29, 0.717) is 23.3 Å². The van der Waals surface area contributed by atoms with Crippen molar-refractivity contribution in [2.45, 2.75) is 23.8 Å². The van der Waals surface area contributed by atoms with Crippen LogP contribution in [0.3, 0.4) is 0 Å². The number of imidazole rings is 1. The predicted molar refractivity (Wildman–Crippen MR) is 153 cm³/mol. The average Bonchev–Trinajstić information content (AvgIpc) is 3.37. The molecule has 0 amide bonds. The van der Waals surface area contributed by atoms with Crippen LogP contribution < -0.4 is 10.9 Å². The molecule has 2 bridgehead atoms. The average molecular weight is 508 g/mol. The maximum absolute atomic E-state index is 13.6. The molecule has 0 unspecified atom stereocenters. The summed E-state index contributed by atoms with van der Waals surface area (Å²) in [6.45, 7) is 3.35. The fourth-order valence-corrected chi connectivity index (χ4v) is 6.43. The Hall–Kier alpha value is -3.55. The number of para-hydroxylation sites is 2. The number of piperidine rings is 3. The van der Waals surface area contributed by atoms with Crippen LogP contribution in [-0.2, 0) is 0 Å². The molecular formula is C30H29N5OS. The van der Waals surface area contributed by atoms with E-state index in [9.17, 15) is 4.79 Å². The van der Waals surface area contributed by atoms with E-state index in [2.05, 4.69) is 62.8 Å². The van der Waals surface area contributed by atoms with E-state index < -0.39 is 0 Å². The maximum Gasteiger partial charge on any atom is 0.261 e. The van der Waals surface area contributed by atoms with E-state index in [1.807, 2.05) is 30.3 Å². The van der Waals surface area contributed by atoms with Crippen molar-refractivity contribution in [1.82, 2.24) is 19.9 Å². The van der Waals surface area contributed by atoms with Gasteiger partial charge in [-0.15, -0.1) is 11.8 Å². The molecule has 5 aromatic rings. The lowest BCUT2D eigenvalue weighted by Gasteiger charge is -2.45. The minimum absolute atomic E-state index is 0.132. The highest BCUT2D eigenvalue weighted by atomic mass is 32.2. The van der Waals surface area contributed by atoms with Gasteiger partial charge in [0.2, 0.25) is 0 Å². The summed E-state index contributed by atoms with van der Waals surface area (Å²) in [5.74, 6) is 1.22. The van der Waals surface area contributed by atoms with Gasteiger partial charge in [0.1, 0.15) is 11.4 Å². The number of aromatic nitrogens is 3. The van der Waals surface area contributed by atoms with E-state index in [0.717, 1.165) is 45.3 Å². The zero-order chi connectivity index (χ0) is 24.9. The third kappa shape index (κ3) is 4.03. The number of H-pyrrole nitrogens is 2. The first-order chi connectivity index (χ1) is 18.2. The largest absolute Gasteiger partial charge is 0.379 e. The molecule has 3 saturated heterocycles. The van der Waals surface area contributed by atoms with Gasteiger partial charge in [-0.3, -0.25) is 4.79 Å². The van der Waals surface area contributed by atoms with Crippen molar-refractivity contribution < 1.29 is 0 Å². The Morgan fingerprint density at radius 3 is 2.46 bits per heavy atom. The predicted octanol–water partition coefficient (Wildman–Crippen LogP) is 5.97. The highest BCUT2D eigenvalue weighted by molar-refractivity contribution is 7.98. The molecule has 3 fully saturated rings. The Kier molecular flexibility index (Phi) is 5.55. The summed E-state index contributed by atoms with van der Waals surface area (Å²) in [5.41, 5.74) is 6.21. The van der Waals surface area contributed by atoms with Gasteiger partial charge in [0.25, 0.3) is 5.56 Å². The van der Waals surface area contributed by atoms with Crippen LogP contribution in [0, 0.1) is 5.92 Å². The zero-order valence-electron chi connectivity index (χ0n) is 20.8. The van der Waals surface area contributed by atoms with Crippen molar-refractivity contribution in [3.63, 3.8) is 0 Å². The molecule has 37 heavy (non-hydrogen) atoms. The number of anilines is 1. The van der Waals surface area contributed by atoms with E-state index in [-0.39, 0.29) is 5.56 Å². The van der Waals surface area contributed by atoms with Crippen LogP contribution in [0.25, 0.3) is 44.5 Å². The minimum Gasteiger partial charge on any atom is -0.379 e. The van der Waals surface area contributed by atoms with Crippen molar-refractivity contribution in [2.24, 2.45) is 5.92 Å². The lowest BCUT2D eigenvalue weighted by molar-refractivity contribution is 0.0976. The molecule has 2 aromatic heterocycles. The van der Waals surface area contributed by atoms with Gasteiger partial charge in [-0.1, -0.05) is 30.3 Å². The molecule has 3 N–H and O–H groups in total. The molecule has 7 heteroatoms. The second-order valence-corrected chi connectivity index (χ2v) is 11.1. The number of benzene rings is 3. The van der Waals surface area contributed by atoms with Gasteiger partial charge in [0.15, 0.2) is 0 Å². The van der Waals surface area contributed by atoms with Gasteiger partial charge >= 0.3 is 0 Å². The number of aromatic amines is 2. The van der Waals surface area contributed by atoms with Crippen LogP contribution in [0.5, 0.6) is 0 Å². The van der Waals surface area contributed by atoms with Gasteiger partial charge in [-0.05, 0) is 85.6 Å². The molecule has 5 heterocycles. The Morgan fingerprint density at radius 1 is 0.946 bits per heavy atom. The number of fused-ring (bicyclic) bond motifs is 5. The van der Waals surface area contributed by atoms with Gasteiger partial charge < -0.3 is 20.2 Å². The van der Waals surface area contributed by atoms with Crippen molar-refractivity contribution in [3.8, 4) is 22.5 Å². The molecule has 3 aliphatic rings. The lowest BCUT2D eigenvalue weighted by Crippen LogP contribution is -2.53. The molecule has 0 saturated carbocycles. The molecule has 0 aliphatic carbocycles. The van der Waals surface area contributed by atoms with Crippen LogP contribution in [0.4, 0.5) is 5.69 Å². The standard InChI is InChI=1S/C30H29N5OS/c1-37-21-9-6-18(7-10-21)20-8-11-23-22(16-20)28(31-26-17-35-14-12-19(26)13-15-35)27(30(36)34-23)29-32-24-4-2-3-5-25(24)33-29/h2-11,16,19,26H,12-15,17H2,1H3,(H,32,33)(H2,31,34,36)/t26-/m0/s1. The topological polar surface area (TPSA) is 76.8 Å². The number of rotatable bonds is 5. The summed E-state index contributed by atoms with van der Waals surface area (Å²) in [6, 6.07) is 23.2. The van der Waals surface area contributed by atoms with Crippen LogP contribution >= 0.6 is 11.8 Å². The molecule has 0 spiro atoms. The lowest BCUT2D eigenvalue weighted by atomic mass is 9.83. The fraction of sp³-hybridized carbons (Fsp3) is 0.267. The number of nitrogens with zero attached hydrogens (tertiary/aromatic N) is 2. The van der Waals surface area contributed by atoms with Crippen molar-refractivity contribution >= 4 is 39.4 Å². The molecular weight excluding hydrogens is 478 g/mol. The summed E-state index contributed by atoms with van der Waals surface area (Å²) in [5, 5.41) is 4.89. The second kappa shape index (κ2) is 9.08. The summed E-state index contributed by atoms with van der Waals surface area (Å²) >= 11 is 1.74. The normalized spacial score (nSPS) is 21.1. The highest BCUT2D eigenvalue weighted by Crippen LogP contribution is 2.37. The van der Waals surface area contributed by atoms with E-state index in [4.69, 9.17) is 4.98 Å². The smallest absolute Gasteiger partial charge is 0.261 e. The van der Waals surface area contributed by atoms with Crippen LogP contribution in [-0.4, -0.2) is 51.8 Å². The SMILES string of the molecule is CSc1ccc(-c2ccc3[nH]c(=O)c(-c4nc5ccccc5[nH]4)c(N[C@H]4CN5CCC4CC5)c3c2)cc1. The third-order valence-corrected chi connectivity index (χ3v) is 8.79. The minimum atomic E-state index is -0.132. The van der Waals surface area contributed by atoms with Crippen LogP contribution in [0.2, 0.25) is 0 Å². The summed E-state index contributed by atoms with van der Waals surface area (Å²) in [7, 11) is 0. The van der Waals surface area contributed by atoms with Crippen molar-refractivity contribution in [1.29, 1.82) is 0 Å². The van der Waals surface area contributed by atoms with Gasteiger partial charge in [0.05, 0.1) is 22.2 Å². The van der Waals surface area contributed by atoms with Crippen molar-refractivity contribution in [3.05, 3.63) is 77.1 Å². The van der Waals surface area contributed by atoms with Gasteiger partial charge in [-0.25, -0.2) is 4.98 Å². The molecule has 3 aliphatic heterocycles. The molecule has 6 nitrogen and oxygen atoms in total. The molecule has 0 radical (unpaired) electrons. The molecule has 1 atom stereocenters. The Morgan fingerprint density at radius 2 is 1.73 bits per heavy atom. The molecule has 186 valence electrons. The fourth-order valence-electron chi connectivity index (χ4n) is 6.02. The monoisotopic (exact) mass is 507 g/mol. The Bertz CT molecular complexity index is 1630. The van der Waals surface area contributed by atoms with E-state index >= 15 is 0 Å². The van der Waals surface area contributed by atoms with Crippen LogP contribution in [0.15, 0.2) is 76.4 Å². The Balaban J connectivity index is 1.42.